The van der Waals surface area contributed by atoms with Gasteiger partial charge in [0.25, 0.3) is 5.91 Å². The molecule has 3 rings (SSSR count). The number of amides is 1. The average Bonchev–Trinajstić information content (AvgIpc) is 2.65. The molecule has 0 saturated carbocycles. The third-order valence-electron chi connectivity index (χ3n) is 4.24. The largest absolute Gasteiger partial charge is 0.493 e. The molecular weight excluding hydrogens is 304 g/mol. The first kappa shape index (κ1) is 15.9. The van der Waals surface area contributed by atoms with Gasteiger partial charge < -0.3 is 14.4 Å². The minimum absolute atomic E-state index is 0.0625. The number of nitriles is 1. The normalized spacial score (nSPS) is 13.0. The van der Waals surface area contributed by atoms with E-state index in [0.717, 1.165) is 12.0 Å². The molecule has 0 aromatic heterocycles. The van der Waals surface area contributed by atoms with Crippen molar-refractivity contribution in [3.05, 3.63) is 58.7 Å². The molecule has 1 amide bonds. The number of nitrogens with zero attached hydrogens (tertiary/aromatic N) is 2. The Labute approximate surface area is 141 Å². The predicted molar refractivity (Wildman–Crippen MR) is 89.1 cm³/mol. The van der Waals surface area contributed by atoms with E-state index in [9.17, 15) is 4.79 Å². The molecule has 2 aromatic carbocycles. The van der Waals surface area contributed by atoms with Gasteiger partial charge in [-0.15, -0.1) is 0 Å². The summed E-state index contributed by atoms with van der Waals surface area (Å²) >= 11 is 0. The van der Waals surface area contributed by atoms with Gasteiger partial charge in [-0.05, 0) is 47.9 Å². The van der Waals surface area contributed by atoms with E-state index in [0.29, 0.717) is 35.7 Å². The number of benzene rings is 2. The van der Waals surface area contributed by atoms with E-state index in [1.165, 1.54) is 5.56 Å². The molecule has 2 aromatic rings. The first-order chi connectivity index (χ1) is 11.7. The fourth-order valence-corrected chi connectivity index (χ4v) is 2.96. The Bertz CT molecular complexity index is 824. The molecule has 0 saturated heterocycles. The Kier molecular flexibility index (Phi) is 4.39. The number of hydrogen-bond acceptors (Lipinski definition) is 4. The van der Waals surface area contributed by atoms with Crippen LogP contribution in [0.2, 0.25) is 0 Å². The zero-order valence-electron chi connectivity index (χ0n) is 13.7. The predicted octanol–water partition coefficient (Wildman–Crippen LogP) is 2.77. The molecule has 1 heterocycles. The third-order valence-corrected chi connectivity index (χ3v) is 4.24. The van der Waals surface area contributed by atoms with Gasteiger partial charge in [0, 0.05) is 18.7 Å². The van der Waals surface area contributed by atoms with Crippen LogP contribution in [0, 0.1) is 11.3 Å². The average molecular weight is 322 g/mol. The Morgan fingerprint density at radius 3 is 2.50 bits per heavy atom. The first-order valence-electron chi connectivity index (χ1n) is 7.69. The number of fused-ring (bicyclic) bond motifs is 1. The Morgan fingerprint density at radius 2 is 1.83 bits per heavy atom. The van der Waals surface area contributed by atoms with Crippen molar-refractivity contribution in [2.75, 3.05) is 20.8 Å². The quantitative estimate of drug-likeness (QED) is 0.872. The number of hydrogen-bond donors (Lipinski definition) is 0. The van der Waals surface area contributed by atoms with Crippen LogP contribution in [-0.4, -0.2) is 31.6 Å². The number of ether oxygens (including phenoxy) is 2. The van der Waals surface area contributed by atoms with E-state index >= 15 is 0 Å². The summed E-state index contributed by atoms with van der Waals surface area (Å²) in [5.74, 6) is 1.31. The van der Waals surface area contributed by atoms with E-state index in [4.69, 9.17) is 14.7 Å². The first-order valence-corrected chi connectivity index (χ1v) is 7.69. The zero-order valence-corrected chi connectivity index (χ0v) is 13.7. The summed E-state index contributed by atoms with van der Waals surface area (Å²) in [5.41, 5.74) is 3.26. The van der Waals surface area contributed by atoms with Crippen LogP contribution in [0.15, 0.2) is 36.4 Å². The molecule has 24 heavy (non-hydrogen) atoms. The standard InChI is InChI=1S/C19H18N2O3/c1-23-17-9-14-6-7-21(12-16(14)10-18(17)24-2)19(22)15-5-3-4-13(8-15)11-20/h3-5,8-10H,6-7,12H2,1-2H3. The van der Waals surface area contributed by atoms with Crippen molar-refractivity contribution < 1.29 is 14.3 Å². The highest BCUT2D eigenvalue weighted by Gasteiger charge is 2.23. The monoisotopic (exact) mass is 322 g/mol. The Hall–Kier alpha value is -3.00. The lowest BCUT2D eigenvalue weighted by molar-refractivity contribution is 0.0734. The van der Waals surface area contributed by atoms with Crippen LogP contribution in [0.1, 0.15) is 27.0 Å². The molecule has 5 heteroatoms. The van der Waals surface area contributed by atoms with Gasteiger partial charge in [-0.25, -0.2) is 0 Å². The summed E-state index contributed by atoms with van der Waals surface area (Å²) in [7, 11) is 3.22. The molecule has 0 N–H and O–H groups in total. The van der Waals surface area contributed by atoms with Crippen LogP contribution in [0.4, 0.5) is 0 Å². The number of carbonyl (C=O) groups excluding carboxylic acids is 1. The van der Waals surface area contributed by atoms with Crippen molar-refractivity contribution >= 4 is 5.91 Å². The van der Waals surface area contributed by atoms with Crippen LogP contribution < -0.4 is 9.47 Å². The fourth-order valence-electron chi connectivity index (χ4n) is 2.96. The van der Waals surface area contributed by atoms with E-state index in [1.54, 1.807) is 43.4 Å². The molecule has 0 radical (unpaired) electrons. The smallest absolute Gasteiger partial charge is 0.254 e. The zero-order chi connectivity index (χ0) is 17.1. The number of methoxy groups -OCH3 is 2. The molecule has 0 atom stereocenters. The van der Waals surface area contributed by atoms with Crippen molar-refractivity contribution in [1.29, 1.82) is 5.26 Å². The molecule has 0 spiro atoms. The van der Waals surface area contributed by atoms with E-state index in [1.807, 2.05) is 12.1 Å². The lowest BCUT2D eigenvalue weighted by atomic mass is 9.98. The van der Waals surface area contributed by atoms with Gasteiger partial charge in [-0.3, -0.25) is 4.79 Å². The summed E-state index contributed by atoms with van der Waals surface area (Å²) in [6.07, 6.45) is 0.763. The van der Waals surface area contributed by atoms with Gasteiger partial charge in [0.05, 0.1) is 25.9 Å². The Morgan fingerprint density at radius 1 is 1.12 bits per heavy atom. The maximum atomic E-state index is 12.7. The van der Waals surface area contributed by atoms with Crippen molar-refractivity contribution in [1.82, 2.24) is 4.90 Å². The second kappa shape index (κ2) is 6.63. The maximum absolute atomic E-state index is 12.7. The summed E-state index contributed by atoms with van der Waals surface area (Å²) in [6.45, 7) is 1.16. The van der Waals surface area contributed by atoms with Crippen LogP contribution in [0.25, 0.3) is 0 Å². The summed E-state index contributed by atoms with van der Waals surface area (Å²) in [4.78, 5) is 14.5. The topological polar surface area (TPSA) is 62.6 Å². The van der Waals surface area contributed by atoms with Crippen LogP contribution in [0.5, 0.6) is 11.5 Å². The summed E-state index contributed by atoms with van der Waals surface area (Å²) in [6, 6.07) is 12.8. The summed E-state index contributed by atoms with van der Waals surface area (Å²) in [5, 5.41) is 8.99. The Balaban J connectivity index is 1.86. The highest BCUT2D eigenvalue weighted by atomic mass is 16.5. The lowest BCUT2D eigenvalue weighted by Gasteiger charge is -2.29. The maximum Gasteiger partial charge on any atom is 0.254 e. The van der Waals surface area contributed by atoms with E-state index in [2.05, 4.69) is 6.07 Å². The van der Waals surface area contributed by atoms with Crippen molar-refractivity contribution in [2.24, 2.45) is 0 Å². The number of carbonyl (C=O) groups is 1. The third kappa shape index (κ3) is 2.91. The lowest BCUT2D eigenvalue weighted by Crippen LogP contribution is -2.36. The molecule has 0 unspecified atom stereocenters. The van der Waals surface area contributed by atoms with Gasteiger partial charge in [0.2, 0.25) is 0 Å². The van der Waals surface area contributed by atoms with Crippen LogP contribution in [-0.2, 0) is 13.0 Å². The molecule has 0 aliphatic carbocycles. The molecule has 5 nitrogen and oxygen atoms in total. The minimum Gasteiger partial charge on any atom is -0.493 e. The van der Waals surface area contributed by atoms with Gasteiger partial charge >= 0.3 is 0 Å². The fraction of sp³-hybridized carbons (Fsp3) is 0.263. The SMILES string of the molecule is COc1cc2c(cc1OC)CN(C(=O)c1cccc(C#N)c1)CC2. The van der Waals surface area contributed by atoms with Gasteiger partial charge in [-0.1, -0.05) is 6.07 Å². The highest BCUT2D eigenvalue weighted by molar-refractivity contribution is 5.94. The molecule has 1 aliphatic heterocycles. The molecule has 122 valence electrons. The number of rotatable bonds is 3. The van der Waals surface area contributed by atoms with E-state index < -0.39 is 0 Å². The van der Waals surface area contributed by atoms with Crippen LogP contribution >= 0.6 is 0 Å². The van der Waals surface area contributed by atoms with Crippen LogP contribution in [0.3, 0.4) is 0 Å². The second-order valence-electron chi connectivity index (χ2n) is 5.65. The molecular formula is C19H18N2O3. The van der Waals surface area contributed by atoms with Crippen molar-refractivity contribution in [2.45, 2.75) is 13.0 Å². The van der Waals surface area contributed by atoms with Crippen molar-refractivity contribution in [3.8, 4) is 17.6 Å². The molecule has 0 bridgehead atoms. The second-order valence-corrected chi connectivity index (χ2v) is 5.65. The molecule has 0 fully saturated rings. The van der Waals surface area contributed by atoms with Crippen molar-refractivity contribution in [3.63, 3.8) is 0 Å². The highest BCUT2D eigenvalue weighted by Crippen LogP contribution is 2.33. The molecule has 1 aliphatic rings. The van der Waals surface area contributed by atoms with Gasteiger partial charge in [0.1, 0.15) is 0 Å². The minimum atomic E-state index is -0.0625. The summed E-state index contributed by atoms with van der Waals surface area (Å²) < 4.78 is 10.7. The van der Waals surface area contributed by atoms with Gasteiger partial charge in [-0.2, -0.15) is 5.26 Å². The van der Waals surface area contributed by atoms with Gasteiger partial charge in [0.15, 0.2) is 11.5 Å². The van der Waals surface area contributed by atoms with E-state index in [-0.39, 0.29) is 5.91 Å².